The number of amides is 3. The molecule has 1 aliphatic heterocycles. The number of ether oxygens (including phenoxy) is 1. The highest BCUT2D eigenvalue weighted by Gasteiger charge is 2.35. The second kappa shape index (κ2) is 13.3. The maximum absolute atomic E-state index is 13.7. The highest BCUT2D eigenvalue weighted by Crippen LogP contribution is 2.36. The van der Waals surface area contributed by atoms with Gasteiger partial charge in [-0.2, -0.15) is 0 Å². The van der Waals surface area contributed by atoms with Gasteiger partial charge in [0.25, 0.3) is 15.9 Å². The number of nitrogens with one attached hydrogen (secondary N) is 2. The first-order valence-electron chi connectivity index (χ1n) is 14.0. The molecule has 2 aliphatic rings. The number of nitrogens with zero attached hydrogens (tertiary/aromatic N) is 2. The molecule has 2 aromatic carbocycles. The number of anilines is 1. The number of hydrogen-bond donors (Lipinski definition) is 3. The molecule has 10 nitrogen and oxygen atoms in total. The van der Waals surface area contributed by atoms with Gasteiger partial charge < -0.3 is 25.0 Å². The van der Waals surface area contributed by atoms with Crippen LogP contribution in [-0.2, 0) is 10.0 Å². The molecule has 41 heavy (non-hydrogen) atoms. The molecule has 0 aromatic heterocycles. The molecule has 0 unspecified atom stereocenters. The topological polar surface area (TPSA) is 128 Å². The molecule has 0 saturated heterocycles. The molecule has 3 atom stereocenters. The van der Waals surface area contributed by atoms with E-state index in [-0.39, 0.29) is 65.5 Å². The smallest absolute Gasteiger partial charge is 0.317 e. The van der Waals surface area contributed by atoms with Crippen molar-refractivity contribution in [3.8, 4) is 5.75 Å². The lowest BCUT2D eigenvalue weighted by Crippen LogP contribution is -2.52. The Morgan fingerprint density at radius 2 is 1.85 bits per heavy atom. The third-order valence-corrected chi connectivity index (χ3v) is 9.43. The molecule has 1 aliphatic carbocycles. The number of carbonyl (C=O) groups is 2. The maximum atomic E-state index is 13.7. The zero-order valence-corrected chi connectivity index (χ0v) is 25.2. The summed E-state index contributed by atoms with van der Waals surface area (Å²) in [5, 5.41) is 13.4. The van der Waals surface area contributed by atoms with Gasteiger partial charge in [0, 0.05) is 30.6 Å². The van der Waals surface area contributed by atoms with E-state index in [1.165, 1.54) is 36.8 Å². The third-order valence-electron chi connectivity index (χ3n) is 7.79. The Labute approximate surface area is 247 Å². The van der Waals surface area contributed by atoms with Crippen molar-refractivity contribution in [3.63, 3.8) is 0 Å². The zero-order valence-electron chi connectivity index (χ0n) is 23.7. The number of benzene rings is 2. The highest BCUT2D eigenvalue weighted by atomic mass is 35.5. The summed E-state index contributed by atoms with van der Waals surface area (Å²) in [4.78, 5) is 29.9. The van der Waals surface area contributed by atoms with Crippen molar-refractivity contribution in [2.45, 2.75) is 69.0 Å². The zero-order chi connectivity index (χ0) is 29.7. The lowest BCUT2D eigenvalue weighted by atomic mass is 9.96. The van der Waals surface area contributed by atoms with E-state index in [1.54, 1.807) is 35.9 Å². The van der Waals surface area contributed by atoms with Gasteiger partial charge in [-0.25, -0.2) is 13.2 Å². The van der Waals surface area contributed by atoms with Crippen LogP contribution in [0.15, 0.2) is 47.4 Å². The van der Waals surface area contributed by atoms with Crippen molar-refractivity contribution in [1.82, 2.24) is 15.1 Å². The molecule has 12 heteroatoms. The van der Waals surface area contributed by atoms with Crippen molar-refractivity contribution in [2.24, 2.45) is 5.92 Å². The molecule has 1 heterocycles. The summed E-state index contributed by atoms with van der Waals surface area (Å²) in [6.07, 6.45) is 4.69. The summed E-state index contributed by atoms with van der Waals surface area (Å²) in [5.41, 5.74) is 0.253. The van der Waals surface area contributed by atoms with E-state index in [4.69, 9.17) is 16.3 Å². The Morgan fingerprint density at radius 1 is 1.17 bits per heavy atom. The number of halogens is 1. The van der Waals surface area contributed by atoms with E-state index in [2.05, 4.69) is 10.0 Å². The lowest BCUT2D eigenvalue weighted by Gasteiger charge is -2.38. The predicted molar refractivity (Wildman–Crippen MR) is 158 cm³/mol. The van der Waals surface area contributed by atoms with Gasteiger partial charge in [0.2, 0.25) is 0 Å². The van der Waals surface area contributed by atoms with E-state index in [1.807, 2.05) is 6.92 Å². The molecule has 0 bridgehead atoms. The predicted octanol–water partition coefficient (Wildman–Crippen LogP) is 4.34. The molecule has 2 aromatic rings. The maximum Gasteiger partial charge on any atom is 0.317 e. The van der Waals surface area contributed by atoms with Crippen molar-refractivity contribution in [2.75, 3.05) is 31.5 Å². The Hall–Kier alpha value is -3.02. The van der Waals surface area contributed by atoms with E-state index in [9.17, 15) is 23.1 Å². The molecule has 3 N–H and O–H groups in total. The fourth-order valence-electron chi connectivity index (χ4n) is 5.24. The van der Waals surface area contributed by atoms with Crippen molar-refractivity contribution >= 4 is 39.2 Å². The summed E-state index contributed by atoms with van der Waals surface area (Å²) in [6.45, 7) is 3.90. The number of fused-ring (bicyclic) bond motifs is 1. The van der Waals surface area contributed by atoms with E-state index in [0.717, 1.165) is 25.7 Å². The number of sulfonamides is 1. The first kappa shape index (κ1) is 30.9. The Balaban J connectivity index is 1.66. The number of likely N-dealkylation sites (N-methyl/N-ethyl adjacent to an activating group) is 1. The quantitative estimate of drug-likeness (QED) is 0.410. The minimum absolute atomic E-state index is 0.00348. The van der Waals surface area contributed by atoms with Gasteiger partial charge in [-0.15, -0.1) is 0 Å². The fraction of sp³-hybridized carbons (Fsp3) is 0.517. The van der Waals surface area contributed by atoms with Crippen LogP contribution in [0.3, 0.4) is 0 Å². The normalized spacial score (nSPS) is 20.7. The Morgan fingerprint density at radius 3 is 2.51 bits per heavy atom. The average molecular weight is 607 g/mol. The summed E-state index contributed by atoms with van der Waals surface area (Å²) in [7, 11) is -2.35. The van der Waals surface area contributed by atoms with Crippen LogP contribution in [0.1, 0.15) is 56.3 Å². The average Bonchev–Trinajstić information content (AvgIpc) is 2.95. The van der Waals surface area contributed by atoms with Crippen LogP contribution in [0.25, 0.3) is 0 Å². The lowest BCUT2D eigenvalue weighted by molar-refractivity contribution is 0.0368. The van der Waals surface area contributed by atoms with Crippen LogP contribution in [0.5, 0.6) is 5.75 Å². The third kappa shape index (κ3) is 7.44. The SMILES string of the molecule is C[C@@H]1CN([C@@H](C)CO)C(=O)c2cccc(NS(=O)(=O)c3ccc(Cl)cc3)c2O[C@@H]1CN(C)C(=O)NC1CCCCC1. The number of para-hydroxylation sites is 1. The monoisotopic (exact) mass is 606 g/mol. The van der Waals surface area contributed by atoms with Gasteiger partial charge in [-0.05, 0) is 56.2 Å². The number of carbonyl (C=O) groups excluding carboxylic acids is 2. The molecule has 0 radical (unpaired) electrons. The number of aliphatic hydroxyl groups excluding tert-OH is 1. The summed E-state index contributed by atoms with van der Waals surface area (Å²) < 4.78 is 35.5. The van der Waals surface area contributed by atoms with Crippen molar-refractivity contribution in [1.29, 1.82) is 0 Å². The van der Waals surface area contributed by atoms with Crippen LogP contribution >= 0.6 is 11.6 Å². The molecule has 0 spiro atoms. The van der Waals surface area contributed by atoms with E-state index >= 15 is 0 Å². The molecule has 1 saturated carbocycles. The number of aliphatic hydroxyl groups is 1. The minimum Gasteiger partial charge on any atom is -0.485 e. The first-order chi connectivity index (χ1) is 19.5. The van der Waals surface area contributed by atoms with Crippen molar-refractivity contribution in [3.05, 3.63) is 53.1 Å². The van der Waals surface area contributed by atoms with Gasteiger partial charge in [-0.1, -0.05) is 43.9 Å². The minimum atomic E-state index is -4.05. The van der Waals surface area contributed by atoms with Crippen LogP contribution in [0, 0.1) is 5.92 Å². The van der Waals surface area contributed by atoms with Gasteiger partial charge in [0.15, 0.2) is 5.75 Å². The van der Waals surface area contributed by atoms with Crippen LogP contribution in [0.2, 0.25) is 5.02 Å². The second-order valence-corrected chi connectivity index (χ2v) is 13.1. The largest absolute Gasteiger partial charge is 0.485 e. The standard InChI is InChI=1S/C29H39ClN4O6S/c1-19-16-34(20(2)18-35)28(36)24-10-7-11-25(32-41(38,39)23-14-12-21(30)13-15-23)27(24)40-26(19)17-33(3)29(37)31-22-8-5-4-6-9-22/h7,10-15,19-20,22,26,32,35H,4-6,8-9,16-18H2,1-3H3,(H,31,37)/t19-,20+,26-/m1/s1. The molecular formula is C29H39ClN4O6S. The molecular weight excluding hydrogens is 568 g/mol. The van der Waals surface area contributed by atoms with Gasteiger partial charge in [0.1, 0.15) is 6.10 Å². The van der Waals surface area contributed by atoms with E-state index < -0.39 is 22.2 Å². The summed E-state index contributed by atoms with van der Waals surface area (Å²) in [6, 6.07) is 9.86. The Kier molecular flexibility index (Phi) is 10.0. The van der Waals surface area contributed by atoms with Gasteiger partial charge in [-0.3, -0.25) is 9.52 Å². The van der Waals surface area contributed by atoms with Gasteiger partial charge in [0.05, 0.1) is 35.3 Å². The second-order valence-electron chi connectivity index (χ2n) is 11.0. The van der Waals surface area contributed by atoms with Crippen LogP contribution in [0.4, 0.5) is 10.5 Å². The molecule has 4 rings (SSSR count). The number of urea groups is 1. The fourth-order valence-corrected chi connectivity index (χ4v) is 6.43. The van der Waals surface area contributed by atoms with Crippen molar-refractivity contribution < 1.29 is 27.9 Å². The summed E-state index contributed by atoms with van der Waals surface area (Å²) in [5.74, 6) is -0.572. The molecule has 1 fully saturated rings. The number of rotatable bonds is 8. The first-order valence-corrected chi connectivity index (χ1v) is 15.9. The van der Waals surface area contributed by atoms with Gasteiger partial charge >= 0.3 is 6.03 Å². The summed E-state index contributed by atoms with van der Waals surface area (Å²) >= 11 is 5.94. The van der Waals surface area contributed by atoms with Crippen LogP contribution in [-0.4, -0.2) is 80.2 Å². The Bertz CT molecular complexity index is 1330. The number of hydrogen-bond acceptors (Lipinski definition) is 6. The van der Waals surface area contributed by atoms with E-state index in [0.29, 0.717) is 5.02 Å². The highest BCUT2D eigenvalue weighted by molar-refractivity contribution is 7.92. The molecule has 3 amide bonds. The van der Waals surface area contributed by atoms with Crippen LogP contribution < -0.4 is 14.8 Å². The molecule has 224 valence electrons.